The summed E-state index contributed by atoms with van der Waals surface area (Å²) >= 11 is 0. The Hall–Kier alpha value is -6.26. The van der Waals surface area contributed by atoms with Crippen LogP contribution in [0.25, 0.3) is 72.7 Å². The van der Waals surface area contributed by atoms with Crippen LogP contribution in [0.15, 0.2) is 134 Å². The average Bonchev–Trinajstić information content (AvgIpc) is 3.76. The van der Waals surface area contributed by atoms with Gasteiger partial charge in [-0.2, -0.15) is 0 Å². The number of pyridine rings is 1. The summed E-state index contributed by atoms with van der Waals surface area (Å²) in [5.41, 5.74) is 14.9. The fraction of sp³-hybridized carbons (Fsp3) is 0.373. The van der Waals surface area contributed by atoms with E-state index in [0.29, 0.717) is 22.6 Å². The molecule has 0 aliphatic rings. The Morgan fingerprint density at radius 2 is 1.11 bits per heavy atom. The number of fused-ring (bicyclic) bond motifs is 1. The van der Waals surface area contributed by atoms with Gasteiger partial charge in [0.2, 0.25) is 0 Å². The maximum Gasteiger partial charge on any atom is 0.149 e. The molecule has 0 atom stereocenters. The van der Waals surface area contributed by atoms with Crippen molar-refractivity contribution in [2.75, 3.05) is 0 Å². The Labute approximate surface area is 430 Å². The molecule has 0 radical (unpaired) electrons. The standard InChI is InChI=1S/C67H79N3O/c1-17-66(15,18-2)53-29-25-30-54(67(16,19-3)20-4)59(53)46-32-33-57(43(5)36-46)70-58-31-24-28-51(60(58)69-62(70)52-41-50(64(9,10)11)42-55(61(52)71)65(12,13)14)47-37-48(39-49(38-47)63(6,7)8)56-40-45(34-35-68-56)44-26-22-21-23-27-44/h21-42,71H,17-20H2,1-16H3/i5D3. The van der Waals surface area contributed by atoms with Gasteiger partial charge >= 0.3 is 0 Å². The number of imidazole rings is 1. The van der Waals surface area contributed by atoms with Crippen LogP contribution in [0.1, 0.15) is 167 Å². The first-order valence-corrected chi connectivity index (χ1v) is 26.0. The van der Waals surface area contributed by atoms with Gasteiger partial charge < -0.3 is 5.11 Å². The van der Waals surface area contributed by atoms with Gasteiger partial charge in [-0.1, -0.05) is 183 Å². The average molecular weight is 945 g/mol. The predicted molar refractivity (Wildman–Crippen MR) is 304 cm³/mol. The molecule has 6 aromatic carbocycles. The molecule has 0 aliphatic heterocycles. The number of aromatic hydroxyl groups is 1. The van der Waals surface area contributed by atoms with Gasteiger partial charge in [0, 0.05) is 27.0 Å². The third-order valence-electron chi connectivity index (χ3n) is 16.0. The maximum absolute atomic E-state index is 12.7. The molecule has 0 spiro atoms. The van der Waals surface area contributed by atoms with Crippen LogP contribution in [0.2, 0.25) is 0 Å². The van der Waals surface area contributed by atoms with Crippen molar-refractivity contribution in [2.45, 2.75) is 163 Å². The van der Waals surface area contributed by atoms with E-state index in [0.717, 1.165) is 92.5 Å². The van der Waals surface area contributed by atoms with Crippen molar-refractivity contribution in [1.29, 1.82) is 0 Å². The van der Waals surface area contributed by atoms with Gasteiger partial charge in [0.05, 0.1) is 28.0 Å². The Morgan fingerprint density at radius 3 is 1.70 bits per heavy atom. The molecule has 0 bridgehead atoms. The number of phenols is 1. The zero-order chi connectivity index (χ0) is 53.9. The molecule has 0 amide bonds. The fourth-order valence-electron chi connectivity index (χ4n) is 10.3. The van der Waals surface area contributed by atoms with E-state index in [1.54, 1.807) is 0 Å². The van der Waals surface area contributed by atoms with E-state index in [-0.39, 0.29) is 33.0 Å². The topological polar surface area (TPSA) is 50.9 Å². The Kier molecular flexibility index (Phi) is 12.6. The molecule has 0 saturated heterocycles. The summed E-state index contributed by atoms with van der Waals surface area (Å²) in [6, 6.07) is 44.4. The second kappa shape index (κ2) is 19.1. The van der Waals surface area contributed by atoms with Crippen LogP contribution in [0, 0.1) is 6.85 Å². The predicted octanol–water partition coefficient (Wildman–Crippen LogP) is 18.8. The van der Waals surface area contributed by atoms with Gasteiger partial charge in [0.1, 0.15) is 11.6 Å². The van der Waals surface area contributed by atoms with Crippen LogP contribution in [0.4, 0.5) is 0 Å². The van der Waals surface area contributed by atoms with E-state index >= 15 is 0 Å². The summed E-state index contributed by atoms with van der Waals surface area (Å²) < 4.78 is 30.2. The Balaban J connectivity index is 1.49. The smallest absolute Gasteiger partial charge is 0.149 e. The van der Waals surface area contributed by atoms with Gasteiger partial charge in [-0.15, -0.1) is 0 Å². The quantitative estimate of drug-likeness (QED) is 0.133. The minimum absolute atomic E-state index is 0.132. The molecular weight excluding hydrogens is 863 g/mol. The van der Waals surface area contributed by atoms with Crippen LogP contribution >= 0.6 is 0 Å². The van der Waals surface area contributed by atoms with Crippen molar-refractivity contribution in [2.24, 2.45) is 0 Å². The number of aromatic nitrogens is 3. The highest BCUT2D eigenvalue weighted by molar-refractivity contribution is 5.97. The third kappa shape index (κ3) is 9.64. The van der Waals surface area contributed by atoms with Crippen molar-refractivity contribution in [3.63, 3.8) is 0 Å². The maximum atomic E-state index is 12.7. The molecule has 2 heterocycles. The van der Waals surface area contributed by atoms with E-state index in [1.807, 2.05) is 41.1 Å². The first kappa shape index (κ1) is 47.1. The van der Waals surface area contributed by atoms with Crippen LogP contribution in [-0.4, -0.2) is 19.6 Å². The van der Waals surface area contributed by atoms with E-state index < -0.39 is 12.3 Å². The molecule has 8 rings (SSSR count). The van der Waals surface area contributed by atoms with E-state index in [2.05, 4.69) is 201 Å². The lowest BCUT2D eigenvalue weighted by atomic mass is 9.68. The number of hydrogen-bond acceptors (Lipinski definition) is 3. The molecule has 0 aliphatic carbocycles. The molecule has 8 aromatic rings. The number of phenolic OH excluding ortho intramolecular Hbond substituents is 1. The highest BCUT2D eigenvalue weighted by Crippen LogP contribution is 2.48. The third-order valence-corrected chi connectivity index (χ3v) is 16.0. The normalized spacial score (nSPS) is 13.6. The number of rotatable bonds is 12. The van der Waals surface area contributed by atoms with Gasteiger partial charge in [0.15, 0.2) is 0 Å². The van der Waals surface area contributed by atoms with Gasteiger partial charge in [-0.3, -0.25) is 9.55 Å². The monoisotopic (exact) mass is 945 g/mol. The molecular formula is C67H79N3O. The van der Waals surface area contributed by atoms with Crippen LogP contribution in [0.5, 0.6) is 5.75 Å². The van der Waals surface area contributed by atoms with Gasteiger partial charge in [0.25, 0.3) is 0 Å². The zero-order valence-electron chi connectivity index (χ0n) is 48.3. The molecule has 4 nitrogen and oxygen atoms in total. The zero-order valence-corrected chi connectivity index (χ0v) is 45.3. The summed E-state index contributed by atoms with van der Waals surface area (Å²) in [5, 5.41) is 12.7. The van der Waals surface area contributed by atoms with E-state index in [4.69, 9.17) is 9.97 Å². The second-order valence-electron chi connectivity index (χ2n) is 23.7. The van der Waals surface area contributed by atoms with Crippen molar-refractivity contribution >= 4 is 11.0 Å². The SMILES string of the molecule is [2H]C([2H])([2H])c1cc(-c2c(C(C)(CC)CC)cccc2C(C)(CC)CC)ccc1-n1c(-c2cc(C(C)(C)C)cc(C(C)(C)C)c2O)nc2c(-c3cc(-c4cc(-c5ccccc5)ccn4)cc(C(C)(C)C)c3)cccc21. The molecule has 0 saturated carbocycles. The first-order valence-electron chi connectivity index (χ1n) is 27.5. The van der Waals surface area contributed by atoms with E-state index in [9.17, 15) is 9.22 Å². The van der Waals surface area contributed by atoms with Crippen molar-refractivity contribution in [1.82, 2.24) is 14.5 Å². The summed E-state index contributed by atoms with van der Waals surface area (Å²) in [6.45, 7) is 30.8. The van der Waals surface area contributed by atoms with Crippen LogP contribution < -0.4 is 0 Å². The minimum Gasteiger partial charge on any atom is -0.507 e. The second-order valence-corrected chi connectivity index (χ2v) is 23.7. The lowest BCUT2D eigenvalue weighted by molar-refractivity contribution is 0.426. The molecule has 4 heteroatoms. The Morgan fingerprint density at radius 1 is 0.507 bits per heavy atom. The fourth-order valence-corrected chi connectivity index (χ4v) is 10.3. The molecule has 368 valence electrons. The van der Waals surface area contributed by atoms with Crippen molar-refractivity contribution in [3.8, 4) is 67.5 Å². The molecule has 0 unspecified atom stereocenters. The molecule has 1 N–H and O–H groups in total. The number of hydrogen-bond donors (Lipinski definition) is 1. The summed E-state index contributed by atoms with van der Waals surface area (Å²) in [6.07, 6.45) is 5.64. The number of nitrogens with zero attached hydrogens (tertiary/aromatic N) is 3. The highest BCUT2D eigenvalue weighted by Gasteiger charge is 2.34. The summed E-state index contributed by atoms with van der Waals surface area (Å²) in [7, 11) is 0. The van der Waals surface area contributed by atoms with Crippen LogP contribution in [-0.2, 0) is 27.1 Å². The Bertz CT molecular complexity index is 3310. The number of para-hydroxylation sites is 1. The van der Waals surface area contributed by atoms with E-state index in [1.165, 1.54) is 11.1 Å². The summed E-state index contributed by atoms with van der Waals surface area (Å²) in [5.74, 6) is 0.604. The first-order chi connectivity index (χ1) is 34.7. The lowest BCUT2D eigenvalue weighted by Gasteiger charge is -2.36. The van der Waals surface area contributed by atoms with Crippen LogP contribution in [0.3, 0.4) is 0 Å². The van der Waals surface area contributed by atoms with Crippen molar-refractivity contribution in [3.05, 3.63) is 167 Å². The minimum atomic E-state index is -2.54. The lowest BCUT2D eigenvalue weighted by Crippen LogP contribution is -2.25. The van der Waals surface area contributed by atoms with Gasteiger partial charge in [-0.05, 0) is 164 Å². The van der Waals surface area contributed by atoms with Crippen molar-refractivity contribution < 1.29 is 9.22 Å². The van der Waals surface area contributed by atoms with Gasteiger partial charge in [-0.25, -0.2) is 4.98 Å². The largest absolute Gasteiger partial charge is 0.507 e. The molecule has 2 aromatic heterocycles. The highest BCUT2D eigenvalue weighted by atomic mass is 16.3. The number of aryl methyl sites for hydroxylation is 1. The number of benzene rings is 6. The summed E-state index contributed by atoms with van der Waals surface area (Å²) in [4.78, 5) is 10.6. The molecule has 71 heavy (non-hydrogen) atoms. The molecule has 0 fully saturated rings.